The van der Waals surface area contributed by atoms with Crippen LogP contribution >= 0.6 is 15.9 Å². The summed E-state index contributed by atoms with van der Waals surface area (Å²) in [6.07, 6.45) is 1.79. The zero-order valence-electron chi connectivity index (χ0n) is 10.8. The van der Waals surface area contributed by atoms with E-state index in [4.69, 9.17) is 0 Å². The van der Waals surface area contributed by atoms with E-state index in [2.05, 4.69) is 30.8 Å². The lowest BCUT2D eigenvalue weighted by atomic mass is 10.4. The van der Waals surface area contributed by atoms with Crippen LogP contribution in [-0.2, 0) is 16.6 Å². The number of hydrogen-bond acceptors (Lipinski definition) is 4. The molecule has 0 bridgehead atoms. The summed E-state index contributed by atoms with van der Waals surface area (Å²) in [5.41, 5.74) is 0.675. The lowest BCUT2D eigenvalue weighted by Gasteiger charge is -2.06. The molecule has 0 saturated carbocycles. The van der Waals surface area contributed by atoms with Gasteiger partial charge in [-0.2, -0.15) is 0 Å². The predicted octanol–water partition coefficient (Wildman–Crippen LogP) is 1.97. The molecular formula is C13H11BrN4O2S. The summed E-state index contributed by atoms with van der Waals surface area (Å²) in [5.74, 6) is 0.532. The van der Waals surface area contributed by atoms with E-state index < -0.39 is 10.0 Å². The molecule has 3 aromatic rings. The van der Waals surface area contributed by atoms with Gasteiger partial charge in [0.1, 0.15) is 0 Å². The van der Waals surface area contributed by atoms with Gasteiger partial charge in [0.05, 0.1) is 11.4 Å². The Morgan fingerprint density at radius 3 is 2.81 bits per heavy atom. The topological polar surface area (TPSA) is 76.4 Å². The van der Waals surface area contributed by atoms with Gasteiger partial charge in [-0.25, -0.2) is 13.1 Å². The molecule has 3 rings (SSSR count). The van der Waals surface area contributed by atoms with Gasteiger partial charge >= 0.3 is 0 Å². The Labute approximate surface area is 130 Å². The maximum atomic E-state index is 12.2. The van der Waals surface area contributed by atoms with Crippen molar-refractivity contribution in [3.05, 3.63) is 59.0 Å². The fraction of sp³-hybridized carbons (Fsp3) is 0.0769. The Hall–Kier alpha value is -1.77. The van der Waals surface area contributed by atoms with Crippen LogP contribution in [0, 0.1) is 0 Å². The highest BCUT2D eigenvalue weighted by molar-refractivity contribution is 9.10. The molecule has 0 saturated heterocycles. The second-order valence-electron chi connectivity index (χ2n) is 4.33. The Balaban J connectivity index is 1.84. The molecule has 1 aromatic carbocycles. The predicted molar refractivity (Wildman–Crippen MR) is 81.2 cm³/mol. The van der Waals surface area contributed by atoms with E-state index in [0.717, 1.165) is 0 Å². The first-order chi connectivity index (χ1) is 10.1. The number of benzene rings is 1. The molecule has 0 aliphatic heterocycles. The van der Waals surface area contributed by atoms with Crippen molar-refractivity contribution >= 4 is 31.6 Å². The fourth-order valence-corrected chi connectivity index (χ4v) is 3.46. The van der Waals surface area contributed by atoms with Crippen molar-refractivity contribution in [3.63, 3.8) is 0 Å². The number of nitrogens with one attached hydrogen (secondary N) is 1. The van der Waals surface area contributed by atoms with E-state index in [9.17, 15) is 8.42 Å². The van der Waals surface area contributed by atoms with E-state index in [0.29, 0.717) is 15.9 Å². The normalized spacial score (nSPS) is 11.9. The number of fused-ring (bicyclic) bond motifs is 1. The number of nitrogens with zero attached hydrogens (tertiary/aromatic N) is 3. The summed E-state index contributed by atoms with van der Waals surface area (Å²) in [4.78, 5) is 0.200. The van der Waals surface area contributed by atoms with Crippen LogP contribution in [0.25, 0.3) is 5.65 Å². The molecule has 21 heavy (non-hydrogen) atoms. The van der Waals surface area contributed by atoms with Gasteiger partial charge in [-0.1, -0.05) is 28.1 Å². The van der Waals surface area contributed by atoms with E-state index in [1.807, 2.05) is 12.1 Å². The molecule has 0 aliphatic carbocycles. The Bertz CT molecular complexity index is 892. The molecule has 1 N–H and O–H groups in total. The minimum atomic E-state index is -3.59. The molecule has 0 unspecified atom stereocenters. The third-order valence-electron chi connectivity index (χ3n) is 2.91. The van der Waals surface area contributed by atoms with Gasteiger partial charge in [-0.15, -0.1) is 10.2 Å². The van der Waals surface area contributed by atoms with Crippen molar-refractivity contribution in [3.8, 4) is 0 Å². The molecule has 0 amide bonds. The maximum absolute atomic E-state index is 12.2. The van der Waals surface area contributed by atoms with Crippen LogP contribution in [-0.4, -0.2) is 23.0 Å². The minimum Gasteiger partial charge on any atom is -0.285 e. The molecule has 2 aromatic heterocycles. The quantitative estimate of drug-likeness (QED) is 0.765. The largest absolute Gasteiger partial charge is 0.285 e. The molecule has 108 valence electrons. The summed E-state index contributed by atoms with van der Waals surface area (Å²) in [6, 6.07) is 12.0. The molecule has 6 nitrogen and oxygen atoms in total. The van der Waals surface area contributed by atoms with Gasteiger partial charge in [-0.05, 0) is 30.3 Å². The Morgan fingerprint density at radius 1 is 1.14 bits per heavy atom. The monoisotopic (exact) mass is 366 g/mol. The van der Waals surface area contributed by atoms with E-state index >= 15 is 0 Å². The van der Waals surface area contributed by atoms with Gasteiger partial charge in [0.2, 0.25) is 10.0 Å². The third-order valence-corrected chi connectivity index (χ3v) is 4.80. The lowest BCUT2D eigenvalue weighted by Crippen LogP contribution is -2.24. The number of rotatable bonds is 4. The van der Waals surface area contributed by atoms with E-state index in [-0.39, 0.29) is 11.4 Å². The maximum Gasteiger partial charge on any atom is 0.241 e. The number of aromatic nitrogens is 3. The number of halogens is 1. The smallest absolute Gasteiger partial charge is 0.241 e. The average molecular weight is 367 g/mol. The van der Waals surface area contributed by atoms with Gasteiger partial charge in [-0.3, -0.25) is 4.40 Å². The van der Waals surface area contributed by atoms with Crippen molar-refractivity contribution in [2.24, 2.45) is 0 Å². The number of hydrogen-bond donors (Lipinski definition) is 1. The summed E-state index contributed by atoms with van der Waals surface area (Å²) < 4.78 is 29.4. The molecule has 8 heteroatoms. The van der Waals surface area contributed by atoms with Crippen LogP contribution in [0.5, 0.6) is 0 Å². The lowest BCUT2D eigenvalue weighted by molar-refractivity contribution is 0.579. The highest BCUT2D eigenvalue weighted by Crippen LogP contribution is 2.16. The fourth-order valence-electron chi connectivity index (χ4n) is 1.89. The van der Waals surface area contributed by atoms with Crippen LogP contribution < -0.4 is 4.72 Å². The summed E-state index contributed by atoms with van der Waals surface area (Å²) in [7, 11) is -3.59. The van der Waals surface area contributed by atoms with Crippen LogP contribution in [0.15, 0.2) is 58.0 Å². The van der Waals surface area contributed by atoms with Crippen LogP contribution in [0.1, 0.15) is 5.82 Å². The Kier molecular flexibility index (Phi) is 3.75. The third kappa shape index (κ3) is 2.97. The summed E-state index contributed by atoms with van der Waals surface area (Å²) in [6.45, 7) is 0.0695. The SMILES string of the molecule is O=S(=O)(NCc1nnc2ccccn12)c1cccc(Br)c1. The minimum absolute atomic E-state index is 0.0695. The molecule has 0 aliphatic rings. The van der Waals surface area contributed by atoms with Crippen molar-refractivity contribution in [1.82, 2.24) is 19.3 Å². The molecule has 0 spiro atoms. The molecular weight excluding hydrogens is 356 g/mol. The zero-order chi connectivity index (χ0) is 14.9. The van der Waals surface area contributed by atoms with Gasteiger partial charge in [0.15, 0.2) is 11.5 Å². The van der Waals surface area contributed by atoms with Gasteiger partial charge < -0.3 is 0 Å². The summed E-state index contributed by atoms with van der Waals surface area (Å²) in [5, 5.41) is 7.96. The Morgan fingerprint density at radius 2 is 2.00 bits per heavy atom. The number of pyridine rings is 1. The zero-order valence-corrected chi connectivity index (χ0v) is 13.2. The average Bonchev–Trinajstić information content (AvgIpc) is 2.88. The highest BCUT2D eigenvalue weighted by Gasteiger charge is 2.15. The van der Waals surface area contributed by atoms with Gasteiger partial charge in [0, 0.05) is 10.7 Å². The molecule has 0 radical (unpaired) electrons. The van der Waals surface area contributed by atoms with E-state index in [1.165, 1.54) is 6.07 Å². The van der Waals surface area contributed by atoms with E-state index in [1.54, 1.807) is 34.9 Å². The van der Waals surface area contributed by atoms with Crippen LogP contribution in [0.2, 0.25) is 0 Å². The first-order valence-electron chi connectivity index (χ1n) is 6.10. The first-order valence-corrected chi connectivity index (χ1v) is 8.38. The second kappa shape index (κ2) is 5.55. The second-order valence-corrected chi connectivity index (χ2v) is 7.01. The molecule has 0 atom stereocenters. The standard InChI is InChI=1S/C13H11BrN4O2S/c14-10-4-3-5-11(8-10)21(19,20)15-9-13-17-16-12-6-1-2-7-18(12)13/h1-8,15H,9H2. The van der Waals surface area contributed by atoms with Crippen LogP contribution in [0.3, 0.4) is 0 Å². The molecule has 0 fully saturated rings. The van der Waals surface area contributed by atoms with Gasteiger partial charge in [0.25, 0.3) is 0 Å². The highest BCUT2D eigenvalue weighted by atomic mass is 79.9. The first kappa shape index (κ1) is 14.2. The van der Waals surface area contributed by atoms with Crippen LogP contribution in [0.4, 0.5) is 0 Å². The van der Waals surface area contributed by atoms with Crippen molar-refractivity contribution < 1.29 is 8.42 Å². The number of sulfonamides is 1. The molecule has 2 heterocycles. The van der Waals surface area contributed by atoms with Crippen molar-refractivity contribution in [1.29, 1.82) is 0 Å². The summed E-state index contributed by atoms with van der Waals surface area (Å²) >= 11 is 3.26. The van der Waals surface area contributed by atoms with Crippen molar-refractivity contribution in [2.45, 2.75) is 11.4 Å². The van der Waals surface area contributed by atoms with Crippen molar-refractivity contribution in [2.75, 3.05) is 0 Å².